The molecule has 3 heteroatoms. The van der Waals surface area contributed by atoms with Crippen LogP contribution in [0.15, 0.2) is 65.6 Å². The Kier molecular flexibility index (Phi) is 4.44. The first-order valence-electron chi connectivity index (χ1n) is 6.66. The van der Waals surface area contributed by atoms with E-state index in [4.69, 9.17) is 23.2 Å². The van der Waals surface area contributed by atoms with Gasteiger partial charge in [0.15, 0.2) is 0 Å². The van der Waals surface area contributed by atoms with Gasteiger partial charge in [-0.25, -0.2) is 0 Å². The van der Waals surface area contributed by atoms with Gasteiger partial charge in [-0.3, -0.25) is 0 Å². The summed E-state index contributed by atoms with van der Waals surface area (Å²) < 4.78 is 0. The molecule has 0 bridgehead atoms. The third-order valence-corrected chi connectivity index (χ3v) is 5.20. The van der Waals surface area contributed by atoms with Gasteiger partial charge in [-0.15, -0.1) is 23.4 Å². The van der Waals surface area contributed by atoms with Gasteiger partial charge in [0.1, 0.15) is 0 Å². The Labute approximate surface area is 139 Å². The molecule has 0 saturated carbocycles. The van der Waals surface area contributed by atoms with Crippen LogP contribution in [0.4, 0.5) is 0 Å². The van der Waals surface area contributed by atoms with E-state index in [2.05, 4.69) is 24.5 Å². The number of benzene rings is 3. The summed E-state index contributed by atoms with van der Waals surface area (Å²) in [6.07, 6.45) is 2.07. The Morgan fingerprint density at radius 2 is 1.48 bits per heavy atom. The predicted octanol–water partition coefficient (Wildman–Crippen LogP) is 6.54. The van der Waals surface area contributed by atoms with Gasteiger partial charge in [0, 0.05) is 15.3 Å². The summed E-state index contributed by atoms with van der Waals surface area (Å²) in [6.45, 7) is 0. The number of halogens is 2. The SMILES string of the molecule is CSc1ccccc1C(Cl)c1ccc(Cl)c2ccccc12. The number of thioether (sulfide) groups is 1. The summed E-state index contributed by atoms with van der Waals surface area (Å²) in [4.78, 5) is 1.21. The fourth-order valence-corrected chi connectivity index (χ4v) is 3.86. The Hall–Kier alpha value is -1.15. The van der Waals surface area contributed by atoms with Crippen LogP contribution in [0.5, 0.6) is 0 Å². The first-order valence-corrected chi connectivity index (χ1v) is 8.70. The van der Waals surface area contributed by atoms with E-state index in [1.54, 1.807) is 11.8 Å². The van der Waals surface area contributed by atoms with E-state index in [-0.39, 0.29) is 5.38 Å². The molecule has 3 aromatic carbocycles. The lowest BCUT2D eigenvalue weighted by atomic mass is 9.98. The minimum absolute atomic E-state index is 0.184. The van der Waals surface area contributed by atoms with Crippen LogP contribution in [-0.2, 0) is 0 Å². The molecular formula is C18H14Cl2S. The summed E-state index contributed by atoms with van der Waals surface area (Å²) in [5.41, 5.74) is 2.23. The van der Waals surface area contributed by atoms with E-state index in [9.17, 15) is 0 Å². The highest BCUT2D eigenvalue weighted by Crippen LogP contribution is 2.39. The molecule has 0 fully saturated rings. The lowest BCUT2D eigenvalue weighted by Gasteiger charge is -2.16. The van der Waals surface area contributed by atoms with Crippen LogP contribution >= 0.6 is 35.0 Å². The number of fused-ring (bicyclic) bond motifs is 1. The van der Waals surface area contributed by atoms with Gasteiger partial charge in [0.25, 0.3) is 0 Å². The maximum absolute atomic E-state index is 6.79. The second kappa shape index (κ2) is 6.31. The molecule has 106 valence electrons. The van der Waals surface area contributed by atoms with Crippen molar-refractivity contribution in [2.75, 3.05) is 6.26 Å². The van der Waals surface area contributed by atoms with Gasteiger partial charge in [-0.2, -0.15) is 0 Å². The lowest BCUT2D eigenvalue weighted by molar-refractivity contribution is 1.10. The van der Waals surface area contributed by atoms with Gasteiger partial charge in [-0.1, -0.05) is 60.1 Å². The summed E-state index contributed by atoms with van der Waals surface area (Å²) in [5.74, 6) is 0. The number of hydrogen-bond donors (Lipinski definition) is 0. The van der Waals surface area contributed by atoms with E-state index in [0.29, 0.717) is 0 Å². The third-order valence-electron chi connectivity index (χ3n) is 3.59. The molecule has 1 atom stereocenters. The van der Waals surface area contributed by atoms with Crippen LogP contribution in [-0.4, -0.2) is 6.26 Å². The molecule has 0 heterocycles. The molecule has 0 saturated heterocycles. The average Bonchev–Trinajstić information content (AvgIpc) is 2.55. The highest BCUT2D eigenvalue weighted by Gasteiger charge is 2.17. The molecule has 0 amide bonds. The van der Waals surface area contributed by atoms with E-state index in [0.717, 1.165) is 26.9 Å². The summed E-state index contributed by atoms with van der Waals surface area (Å²) >= 11 is 14.8. The maximum Gasteiger partial charge on any atom is 0.0852 e. The van der Waals surface area contributed by atoms with Crippen molar-refractivity contribution in [2.45, 2.75) is 10.3 Å². The molecule has 1 unspecified atom stereocenters. The Balaban J connectivity index is 2.18. The first kappa shape index (κ1) is 14.8. The lowest BCUT2D eigenvalue weighted by Crippen LogP contribution is -1.97. The first-order chi connectivity index (χ1) is 10.2. The zero-order valence-electron chi connectivity index (χ0n) is 11.5. The van der Waals surface area contributed by atoms with Gasteiger partial charge in [0.2, 0.25) is 0 Å². The summed E-state index contributed by atoms with van der Waals surface area (Å²) in [7, 11) is 0. The fraction of sp³-hybridized carbons (Fsp3) is 0.111. The molecule has 0 aliphatic carbocycles. The molecular weight excluding hydrogens is 319 g/mol. The van der Waals surface area contributed by atoms with Crippen molar-refractivity contribution in [1.29, 1.82) is 0 Å². The zero-order chi connectivity index (χ0) is 14.8. The summed E-state index contributed by atoms with van der Waals surface area (Å²) in [5, 5.41) is 2.73. The van der Waals surface area contributed by atoms with Crippen molar-refractivity contribution >= 4 is 45.7 Å². The van der Waals surface area contributed by atoms with Crippen molar-refractivity contribution in [3.63, 3.8) is 0 Å². The van der Waals surface area contributed by atoms with E-state index in [1.807, 2.05) is 42.5 Å². The standard InChI is InChI=1S/C18H14Cl2S/c1-21-17-9-5-4-8-15(17)18(20)14-10-11-16(19)13-7-3-2-6-12(13)14/h2-11,18H,1H3. The minimum Gasteiger partial charge on any atom is -0.129 e. The Morgan fingerprint density at radius 3 is 2.24 bits per heavy atom. The Bertz CT molecular complexity index is 783. The quantitative estimate of drug-likeness (QED) is 0.387. The number of rotatable bonds is 3. The van der Waals surface area contributed by atoms with E-state index >= 15 is 0 Å². The highest BCUT2D eigenvalue weighted by atomic mass is 35.5. The maximum atomic E-state index is 6.79. The normalized spacial score (nSPS) is 12.5. The third kappa shape index (κ3) is 2.78. The van der Waals surface area contributed by atoms with Crippen molar-refractivity contribution in [3.8, 4) is 0 Å². The largest absolute Gasteiger partial charge is 0.129 e. The van der Waals surface area contributed by atoms with Crippen LogP contribution in [0.3, 0.4) is 0 Å². The monoisotopic (exact) mass is 332 g/mol. The molecule has 0 aromatic heterocycles. The molecule has 0 N–H and O–H groups in total. The molecule has 0 radical (unpaired) electrons. The average molecular weight is 333 g/mol. The molecule has 3 aromatic rings. The highest BCUT2D eigenvalue weighted by molar-refractivity contribution is 7.98. The zero-order valence-corrected chi connectivity index (χ0v) is 13.8. The van der Waals surface area contributed by atoms with Crippen molar-refractivity contribution < 1.29 is 0 Å². The van der Waals surface area contributed by atoms with Gasteiger partial charge >= 0.3 is 0 Å². The van der Waals surface area contributed by atoms with E-state index in [1.165, 1.54) is 4.90 Å². The van der Waals surface area contributed by atoms with Crippen molar-refractivity contribution in [3.05, 3.63) is 76.8 Å². The van der Waals surface area contributed by atoms with Gasteiger partial charge < -0.3 is 0 Å². The minimum atomic E-state index is -0.184. The number of alkyl halides is 1. The molecule has 0 aliphatic rings. The van der Waals surface area contributed by atoms with Crippen LogP contribution in [0.2, 0.25) is 5.02 Å². The topological polar surface area (TPSA) is 0 Å². The Morgan fingerprint density at radius 1 is 0.810 bits per heavy atom. The molecule has 21 heavy (non-hydrogen) atoms. The van der Waals surface area contributed by atoms with Gasteiger partial charge in [-0.05, 0) is 34.9 Å². The summed E-state index contributed by atoms with van der Waals surface area (Å²) in [6, 6.07) is 20.3. The smallest absolute Gasteiger partial charge is 0.0852 e. The second-order valence-electron chi connectivity index (χ2n) is 4.79. The number of hydrogen-bond acceptors (Lipinski definition) is 1. The van der Waals surface area contributed by atoms with Gasteiger partial charge in [0.05, 0.1) is 5.38 Å². The van der Waals surface area contributed by atoms with Crippen LogP contribution in [0.25, 0.3) is 10.8 Å². The van der Waals surface area contributed by atoms with E-state index < -0.39 is 0 Å². The second-order valence-corrected chi connectivity index (χ2v) is 6.48. The van der Waals surface area contributed by atoms with Crippen molar-refractivity contribution in [2.24, 2.45) is 0 Å². The molecule has 0 spiro atoms. The molecule has 0 nitrogen and oxygen atoms in total. The van der Waals surface area contributed by atoms with Crippen molar-refractivity contribution in [1.82, 2.24) is 0 Å². The molecule has 3 rings (SSSR count). The predicted molar refractivity (Wildman–Crippen MR) is 94.9 cm³/mol. The van der Waals surface area contributed by atoms with Crippen LogP contribution in [0, 0.1) is 0 Å². The molecule has 0 aliphatic heterocycles. The van der Waals surface area contributed by atoms with Crippen LogP contribution < -0.4 is 0 Å². The fourth-order valence-electron chi connectivity index (χ4n) is 2.55. The van der Waals surface area contributed by atoms with Crippen LogP contribution in [0.1, 0.15) is 16.5 Å².